The number of aliphatic hydroxyl groups excluding tert-OH is 1. The van der Waals surface area contributed by atoms with Crippen molar-refractivity contribution in [2.45, 2.75) is 0 Å². The molecule has 0 amide bonds. The third-order valence-electron chi connectivity index (χ3n) is 3.35. The maximum Gasteiger partial charge on any atom is 0.145 e. The number of rotatable bonds is 3. The molecule has 0 saturated carbocycles. The van der Waals surface area contributed by atoms with Gasteiger partial charge in [0.05, 0.1) is 10.7 Å². The lowest BCUT2D eigenvalue weighted by molar-refractivity contribution is 0.514. The molecular formula is C18H10Cl2N2OS. The second-order valence-electron chi connectivity index (χ2n) is 4.83. The maximum atomic E-state index is 10.5. The van der Waals surface area contributed by atoms with Crippen LogP contribution >= 0.6 is 34.5 Å². The van der Waals surface area contributed by atoms with Gasteiger partial charge in [0.15, 0.2) is 0 Å². The van der Waals surface area contributed by atoms with Crippen molar-refractivity contribution in [1.82, 2.24) is 4.98 Å². The van der Waals surface area contributed by atoms with Crippen LogP contribution < -0.4 is 0 Å². The molecule has 0 spiro atoms. The van der Waals surface area contributed by atoms with E-state index in [-0.39, 0.29) is 11.3 Å². The van der Waals surface area contributed by atoms with Crippen molar-refractivity contribution in [2.75, 3.05) is 0 Å². The minimum absolute atomic E-state index is 0.0754. The van der Waals surface area contributed by atoms with Gasteiger partial charge in [-0.15, -0.1) is 11.3 Å². The molecule has 24 heavy (non-hydrogen) atoms. The lowest BCUT2D eigenvalue weighted by Gasteiger charge is -2.04. The van der Waals surface area contributed by atoms with Crippen molar-refractivity contribution in [3.05, 3.63) is 74.5 Å². The average Bonchev–Trinajstić information content (AvgIpc) is 3.05. The molecule has 0 radical (unpaired) electrons. The molecule has 1 aromatic heterocycles. The lowest BCUT2D eigenvalue weighted by Crippen LogP contribution is -1.91. The number of nitriles is 1. The molecule has 0 bridgehead atoms. The van der Waals surface area contributed by atoms with Gasteiger partial charge in [0.2, 0.25) is 0 Å². The summed E-state index contributed by atoms with van der Waals surface area (Å²) in [6, 6.07) is 16.1. The summed E-state index contributed by atoms with van der Waals surface area (Å²) in [6.45, 7) is 0. The van der Waals surface area contributed by atoms with E-state index in [1.807, 2.05) is 24.3 Å². The number of hydrogen-bond donors (Lipinski definition) is 1. The van der Waals surface area contributed by atoms with Crippen LogP contribution in [0.1, 0.15) is 10.6 Å². The number of aromatic nitrogens is 1. The van der Waals surface area contributed by atoms with E-state index in [0.29, 0.717) is 26.3 Å². The summed E-state index contributed by atoms with van der Waals surface area (Å²) in [7, 11) is 0. The first kappa shape index (κ1) is 16.5. The second-order valence-corrected chi connectivity index (χ2v) is 6.51. The summed E-state index contributed by atoms with van der Waals surface area (Å²) in [5.74, 6) is -0.192. The first-order valence-corrected chi connectivity index (χ1v) is 8.54. The number of allylic oxidation sites excluding steroid dienone is 1. The molecule has 0 saturated heterocycles. The number of halogens is 2. The summed E-state index contributed by atoms with van der Waals surface area (Å²) < 4.78 is 0. The quantitative estimate of drug-likeness (QED) is 0.448. The van der Waals surface area contributed by atoms with E-state index in [2.05, 4.69) is 4.98 Å². The Labute approximate surface area is 153 Å². The van der Waals surface area contributed by atoms with Crippen LogP contribution in [0.3, 0.4) is 0 Å². The van der Waals surface area contributed by atoms with Crippen LogP contribution in [0.5, 0.6) is 0 Å². The molecule has 3 aromatic rings. The normalized spacial score (nSPS) is 11.7. The zero-order valence-corrected chi connectivity index (χ0v) is 14.5. The Kier molecular flexibility index (Phi) is 4.86. The standard InChI is InChI=1S/C18H10Cl2N2OS/c19-14-7-3-1-5-11(14)16-10-24-18(22-16)13(9-21)17(23)12-6-2-4-8-15(12)20/h1-8,10,23H/b17-13-. The molecule has 0 fully saturated rings. The predicted molar refractivity (Wildman–Crippen MR) is 99.1 cm³/mol. The van der Waals surface area contributed by atoms with Gasteiger partial charge in [-0.2, -0.15) is 5.26 Å². The molecule has 0 aliphatic heterocycles. The molecule has 2 aromatic carbocycles. The molecule has 6 heteroatoms. The fourth-order valence-electron chi connectivity index (χ4n) is 2.17. The Morgan fingerprint density at radius 2 is 1.71 bits per heavy atom. The van der Waals surface area contributed by atoms with Gasteiger partial charge in [-0.05, 0) is 18.2 Å². The largest absolute Gasteiger partial charge is 0.506 e. The van der Waals surface area contributed by atoms with E-state index in [4.69, 9.17) is 23.2 Å². The van der Waals surface area contributed by atoms with E-state index in [0.717, 1.165) is 5.56 Å². The number of benzene rings is 2. The van der Waals surface area contributed by atoms with Gasteiger partial charge in [-0.3, -0.25) is 0 Å². The molecular weight excluding hydrogens is 363 g/mol. The van der Waals surface area contributed by atoms with Crippen LogP contribution in [0, 0.1) is 11.3 Å². The van der Waals surface area contributed by atoms with E-state index in [1.165, 1.54) is 11.3 Å². The zero-order chi connectivity index (χ0) is 17.1. The van der Waals surface area contributed by atoms with Crippen LogP contribution in [-0.4, -0.2) is 10.1 Å². The molecule has 3 rings (SSSR count). The smallest absolute Gasteiger partial charge is 0.145 e. The maximum absolute atomic E-state index is 10.5. The number of nitrogens with zero attached hydrogens (tertiary/aromatic N) is 2. The number of hydrogen-bond acceptors (Lipinski definition) is 4. The summed E-state index contributed by atoms with van der Waals surface area (Å²) in [5, 5.41) is 23.1. The Morgan fingerprint density at radius 3 is 2.38 bits per heavy atom. The molecule has 0 atom stereocenters. The minimum atomic E-state index is -0.192. The highest BCUT2D eigenvalue weighted by molar-refractivity contribution is 7.11. The zero-order valence-electron chi connectivity index (χ0n) is 12.2. The highest BCUT2D eigenvalue weighted by Crippen LogP contribution is 2.34. The van der Waals surface area contributed by atoms with Gasteiger partial charge in [-0.1, -0.05) is 53.5 Å². The van der Waals surface area contributed by atoms with Crippen molar-refractivity contribution < 1.29 is 5.11 Å². The van der Waals surface area contributed by atoms with E-state index in [1.54, 1.807) is 35.7 Å². The summed E-state index contributed by atoms with van der Waals surface area (Å²) in [4.78, 5) is 4.44. The SMILES string of the molecule is N#C/C(=C(/O)c1ccccc1Cl)c1nc(-c2ccccc2Cl)cs1. The number of thiazole rings is 1. The lowest BCUT2D eigenvalue weighted by atomic mass is 10.1. The van der Waals surface area contributed by atoms with Crippen LogP contribution in [0.4, 0.5) is 0 Å². The van der Waals surface area contributed by atoms with Crippen LogP contribution in [0.15, 0.2) is 53.9 Å². The molecule has 0 aliphatic carbocycles. The Hall–Kier alpha value is -2.32. The average molecular weight is 373 g/mol. The fraction of sp³-hybridized carbons (Fsp3) is 0. The predicted octanol–water partition coefficient (Wildman–Crippen LogP) is 6.07. The van der Waals surface area contributed by atoms with Gasteiger partial charge in [0.1, 0.15) is 22.4 Å². The molecule has 0 aliphatic rings. The van der Waals surface area contributed by atoms with Crippen LogP contribution in [0.25, 0.3) is 22.6 Å². The number of aliphatic hydroxyl groups is 1. The molecule has 1 N–H and O–H groups in total. The molecule has 118 valence electrons. The highest BCUT2D eigenvalue weighted by atomic mass is 35.5. The molecule has 3 nitrogen and oxygen atoms in total. The molecule has 0 unspecified atom stereocenters. The van der Waals surface area contributed by atoms with Crippen molar-refractivity contribution in [3.8, 4) is 17.3 Å². The Morgan fingerprint density at radius 1 is 1.04 bits per heavy atom. The van der Waals surface area contributed by atoms with Crippen molar-refractivity contribution in [1.29, 1.82) is 5.26 Å². The van der Waals surface area contributed by atoms with E-state index < -0.39 is 0 Å². The fourth-order valence-corrected chi connectivity index (χ4v) is 3.44. The van der Waals surface area contributed by atoms with E-state index in [9.17, 15) is 10.4 Å². The van der Waals surface area contributed by atoms with Gasteiger partial charge < -0.3 is 5.11 Å². The van der Waals surface area contributed by atoms with Crippen LogP contribution in [0.2, 0.25) is 10.0 Å². The third-order valence-corrected chi connectivity index (χ3v) is 4.86. The monoisotopic (exact) mass is 372 g/mol. The van der Waals surface area contributed by atoms with E-state index >= 15 is 0 Å². The van der Waals surface area contributed by atoms with Crippen molar-refractivity contribution in [3.63, 3.8) is 0 Å². The van der Waals surface area contributed by atoms with Gasteiger partial charge in [-0.25, -0.2) is 4.98 Å². The van der Waals surface area contributed by atoms with Gasteiger partial charge in [0, 0.05) is 21.5 Å². The van der Waals surface area contributed by atoms with Gasteiger partial charge >= 0.3 is 0 Å². The van der Waals surface area contributed by atoms with Gasteiger partial charge in [0.25, 0.3) is 0 Å². The first-order chi connectivity index (χ1) is 11.6. The Balaban J connectivity index is 2.08. The Bertz CT molecular complexity index is 973. The summed E-state index contributed by atoms with van der Waals surface area (Å²) in [6.07, 6.45) is 0. The second kappa shape index (κ2) is 7.06. The summed E-state index contributed by atoms with van der Waals surface area (Å²) >= 11 is 13.5. The first-order valence-electron chi connectivity index (χ1n) is 6.91. The van der Waals surface area contributed by atoms with Crippen LogP contribution in [-0.2, 0) is 0 Å². The third kappa shape index (κ3) is 3.15. The van der Waals surface area contributed by atoms with Crippen molar-refractivity contribution >= 4 is 45.9 Å². The topological polar surface area (TPSA) is 56.9 Å². The minimum Gasteiger partial charge on any atom is -0.506 e. The highest BCUT2D eigenvalue weighted by Gasteiger charge is 2.17. The molecule has 1 heterocycles. The summed E-state index contributed by atoms with van der Waals surface area (Å²) in [5.41, 5.74) is 1.90. The van der Waals surface area contributed by atoms with Crippen molar-refractivity contribution in [2.24, 2.45) is 0 Å².